The summed E-state index contributed by atoms with van der Waals surface area (Å²) in [5.41, 5.74) is 2.30. The molecule has 2 aromatic rings. The summed E-state index contributed by atoms with van der Waals surface area (Å²) in [6, 6.07) is 2.33. The van der Waals surface area contributed by atoms with Crippen molar-refractivity contribution in [2.75, 3.05) is 33.1 Å². The Hall–Kier alpha value is -1.40. The van der Waals surface area contributed by atoms with E-state index in [-0.39, 0.29) is 5.63 Å². The van der Waals surface area contributed by atoms with Crippen LogP contribution in [0.2, 0.25) is 0 Å². The standard InChI is InChI=1S/C14H18BrN3O2/c1-8-9(7-17(2)3)6-10(15)12-11(8)13(19)20-14(16-12)18(4)5/h6H,7H2,1-5H3. The molecule has 0 spiro atoms. The van der Waals surface area contributed by atoms with Crippen LogP contribution in [0.15, 0.2) is 19.8 Å². The van der Waals surface area contributed by atoms with Crippen molar-refractivity contribution in [3.05, 3.63) is 32.1 Å². The molecule has 0 radical (unpaired) electrons. The second-order valence-corrected chi connectivity index (χ2v) is 6.14. The monoisotopic (exact) mass is 339 g/mol. The molecule has 1 heterocycles. The Kier molecular flexibility index (Phi) is 4.15. The highest BCUT2D eigenvalue weighted by molar-refractivity contribution is 9.10. The van der Waals surface area contributed by atoms with E-state index >= 15 is 0 Å². The van der Waals surface area contributed by atoms with Gasteiger partial charge in [-0.2, -0.15) is 4.98 Å². The van der Waals surface area contributed by atoms with Crippen LogP contribution in [0.3, 0.4) is 0 Å². The van der Waals surface area contributed by atoms with Crippen molar-refractivity contribution in [1.82, 2.24) is 9.88 Å². The molecule has 0 bridgehead atoms. The van der Waals surface area contributed by atoms with Crippen molar-refractivity contribution >= 4 is 32.8 Å². The maximum absolute atomic E-state index is 12.2. The summed E-state index contributed by atoms with van der Waals surface area (Å²) in [6.07, 6.45) is 0. The molecule has 0 aliphatic rings. The minimum Gasteiger partial charge on any atom is -0.389 e. The summed E-state index contributed by atoms with van der Waals surface area (Å²) in [5.74, 6) is 0. The molecule has 1 aromatic carbocycles. The Balaban J connectivity index is 2.78. The normalized spacial score (nSPS) is 11.3. The van der Waals surface area contributed by atoms with Crippen LogP contribution in [0.4, 0.5) is 6.01 Å². The second-order valence-electron chi connectivity index (χ2n) is 5.28. The first kappa shape index (κ1) is 15.0. The average Bonchev–Trinajstić information content (AvgIpc) is 2.34. The third-order valence-electron chi connectivity index (χ3n) is 3.09. The van der Waals surface area contributed by atoms with E-state index < -0.39 is 0 Å². The topological polar surface area (TPSA) is 49.6 Å². The number of rotatable bonds is 3. The average molecular weight is 340 g/mol. The van der Waals surface area contributed by atoms with Crippen LogP contribution in [0.5, 0.6) is 0 Å². The number of aromatic nitrogens is 1. The van der Waals surface area contributed by atoms with E-state index in [1.807, 2.05) is 27.1 Å². The minimum absolute atomic E-state index is 0.308. The van der Waals surface area contributed by atoms with Crippen molar-refractivity contribution in [3.63, 3.8) is 0 Å². The van der Waals surface area contributed by atoms with Gasteiger partial charge in [-0.05, 0) is 54.1 Å². The molecule has 0 saturated carbocycles. The van der Waals surface area contributed by atoms with Crippen LogP contribution in [-0.2, 0) is 6.54 Å². The third kappa shape index (κ3) is 2.71. The smallest absolute Gasteiger partial charge is 0.348 e. The lowest BCUT2D eigenvalue weighted by molar-refractivity contribution is 0.401. The number of halogens is 1. The predicted molar refractivity (Wildman–Crippen MR) is 84.4 cm³/mol. The molecule has 2 rings (SSSR count). The van der Waals surface area contributed by atoms with Crippen LogP contribution in [0.1, 0.15) is 11.1 Å². The summed E-state index contributed by atoms with van der Waals surface area (Å²) in [4.78, 5) is 20.4. The molecule has 0 saturated heterocycles. The highest BCUT2D eigenvalue weighted by Gasteiger charge is 2.16. The van der Waals surface area contributed by atoms with Gasteiger partial charge >= 0.3 is 5.63 Å². The van der Waals surface area contributed by atoms with Gasteiger partial charge in [-0.25, -0.2) is 4.79 Å². The van der Waals surface area contributed by atoms with E-state index in [0.29, 0.717) is 16.9 Å². The van der Waals surface area contributed by atoms with Gasteiger partial charge in [0.1, 0.15) is 0 Å². The molecular weight excluding hydrogens is 322 g/mol. The molecule has 6 heteroatoms. The first-order chi connectivity index (χ1) is 9.31. The number of nitrogens with zero attached hydrogens (tertiary/aromatic N) is 3. The maximum atomic E-state index is 12.2. The largest absolute Gasteiger partial charge is 0.389 e. The second kappa shape index (κ2) is 5.54. The lowest BCUT2D eigenvalue weighted by atomic mass is 10.0. The van der Waals surface area contributed by atoms with Gasteiger partial charge in [0.15, 0.2) is 0 Å². The van der Waals surface area contributed by atoms with Gasteiger partial charge in [-0.15, -0.1) is 0 Å². The maximum Gasteiger partial charge on any atom is 0.348 e. The molecule has 0 fully saturated rings. The Labute approximate surface area is 126 Å². The molecule has 0 aliphatic heterocycles. The van der Waals surface area contributed by atoms with Crippen molar-refractivity contribution < 1.29 is 4.42 Å². The van der Waals surface area contributed by atoms with Crippen LogP contribution >= 0.6 is 15.9 Å². The van der Waals surface area contributed by atoms with E-state index in [2.05, 4.69) is 25.8 Å². The molecule has 0 aliphatic carbocycles. The zero-order chi connectivity index (χ0) is 15.0. The SMILES string of the molecule is Cc1c(CN(C)C)cc(Br)c2nc(N(C)C)oc(=O)c12. The molecule has 1 aromatic heterocycles. The van der Waals surface area contributed by atoms with Crippen LogP contribution in [-0.4, -0.2) is 38.1 Å². The summed E-state index contributed by atoms with van der Waals surface area (Å²) in [6.45, 7) is 2.69. The molecular formula is C14H18BrN3O2. The molecule has 0 unspecified atom stereocenters. The van der Waals surface area contributed by atoms with Gasteiger partial charge in [-0.1, -0.05) is 0 Å². The highest BCUT2D eigenvalue weighted by atomic mass is 79.9. The van der Waals surface area contributed by atoms with Crippen LogP contribution in [0, 0.1) is 6.92 Å². The van der Waals surface area contributed by atoms with Gasteiger partial charge in [-0.3, -0.25) is 0 Å². The molecule has 20 heavy (non-hydrogen) atoms. The van der Waals surface area contributed by atoms with Crippen molar-refractivity contribution in [3.8, 4) is 0 Å². The quantitative estimate of drug-likeness (QED) is 0.859. The van der Waals surface area contributed by atoms with Crippen molar-refractivity contribution in [1.29, 1.82) is 0 Å². The minimum atomic E-state index is -0.350. The van der Waals surface area contributed by atoms with E-state index in [1.54, 1.807) is 19.0 Å². The van der Waals surface area contributed by atoms with Gasteiger partial charge in [0.2, 0.25) is 0 Å². The van der Waals surface area contributed by atoms with E-state index in [9.17, 15) is 4.79 Å². The predicted octanol–water partition coefficient (Wildman–Crippen LogP) is 2.39. The Morgan fingerprint density at radius 2 is 1.95 bits per heavy atom. The summed E-state index contributed by atoms with van der Waals surface area (Å²) >= 11 is 3.51. The van der Waals surface area contributed by atoms with E-state index in [1.165, 1.54) is 0 Å². The Bertz CT molecular complexity index is 708. The zero-order valence-corrected chi connectivity index (χ0v) is 13.9. The Morgan fingerprint density at radius 1 is 1.30 bits per heavy atom. The van der Waals surface area contributed by atoms with Gasteiger partial charge < -0.3 is 14.2 Å². The number of benzene rings is 1. The molecule has 5 nitrogen and oxygen atoms in total. The van der Waals surface area contributed by atoms with E-state index in [4.69, 9.17) is 4.42 Å². The third-order valence-corrected chi connectivity index (χ3v) is 3.69. The van der Waals surface area contributed by atoms with Gasteiger partial charge in [0.25, 0.3) is 6.01 Å². The molecule has 0 atom stereocenters. The van der Waals surface area contributed by atoms with Crippen LogP contribution < -0.4 is 10.5 Å². The summed E-state index contributed by atoms with van der Waals surface area (Å²) in [5, 5.41) is 0.543. The van der Waals surface area contributed by atoms with Crippen LogP contribution in [0.25, 0.3) is 10.9 Å². The lowest BCUT2D eigenvalue weighted by Crippen LogP contribution is -2.17. The molecule has 108 valence electrons. The molecule has 0 N–H and O–H groups in total. The zero-order valence-electron chi connectivity index (χ0n) is 12.3. The molecule has 0 amide bonds. The Morgan fingerprint density at radius 3 is 2.50 bits per heavy atom. The first-order valence-electron chi connectivity index (χ1n) is 6.26. The number of fused-ring (bicyclic) bond motifs is 1. The number of aryl methyl sites for hydroxylation is 1. The fourth-order valence-electron chi connectivity index (χ4n) is 2.09. The number of hydrogen-bond acceptors (Lipinski definition) is 5. The summed E-state index contributed by atoms with van der Waals surface area (Å²) < 4.78 is 6.08. The van der Waals surface area contributed by atoms with Crippen molar-refractivity contribution in [2.45, 2.75) is 13.5 Å². The fraction of sp³-hybridized carbons (Fsp3) is 0.429. The highest BCUT2D eigenvalue weighted by Crippen LogP contribution is 2.28. The van der Waals surface area contributed by atoms with E-state index in [0.717, 1.165) is 22.1 Å². The fourth-order valence-corrected chi connectivity index (χ4v) is 2.66. The van der Waals surface area contributed by atoms with Gasteiger partial charge in [0.05, 0.1) is 10.9 Å². The van der Waals surface area contributed by atoms with Gasteiger partial charge in [0, 0.05) is 25.1 Å². The number of anilines is 1. The number of hydrogen-bond donors (Lipinski definition) is 0. The first-order valence-corrected chi connectivity index (χ1v) is 7.05. The lowest BCUT2D eigenvalue weighted by Gasteiger charge is -2.15. The van der Waals surface area contributed by atoms with Crippen molar-refractivity contribution in [2.24, 2.45) is 0 Å². The summed E-state index contributed by atoms with van der Waals surface area (Å²) in [7, 11) is 7.57.